The highest BCUT2D eigenvalue weighted by atomic mass is 32.2. The van der Waals surface area contributed by atoms with Crippen molar-refractivity contribution in [2.45, 2.75) is 25.1 Å². The van der Waals surface area contributed by atoms with E-state index >= 15 is 0 Å². The summed E-state index contributed by atoms with van der Waals surface area (Å²) in [7, 11) is 0. The molecule has 118 valence electrons. The van der Waals surface area contributed by atoms with Crippen molar-refractivity contribution in [1.29, 1.82) is 0 Å². The van der Waals surface area contributed by atoms with Gasteiger partial charge < -0.3 is 4.55 Å². The second-order valence-corrected chi connectivity index (χ2v) is 7.50. The first-order valence-electron chi connectivity index (χ1n) is 6.14. The first kappa shape index (κ1) is 16.7. The summed E-state index contributed by atoms with van der Waals surface area (Å²) in [6, 6.07) is 0. The van der Waals surface area contributed by atoms with Crippen molar-refractivity contribution >= 4 is 28.7 Å². The Hall–Kier alpha value is -0.640. The van der Waals surface area contributed by atoms with E-state index in [1.807, 2.05) is 0 Å². The van der Waals surface area contributed by atoms with Gasteiger partial charge in [0.05, 0.1) is 12.0 Å². The molecule has 0 saturated carbocycles. The molecule has 1 heterocycles. The van der Waals surface area contributed by atoms with Crippen molar-refractivity contribution in [3.63, 3.8) is 0 Å². The maximum Gasteiger partial charge on any atom is 0.544 e. The largest absolute Gasteiger partial charge is 0.617 e. The molecule has 0 radical (unpaired) electrons. The summed E-state index contributed by atoms with van der Waals surface area (Å²) < 4.78 is 49.1. The molecule has 0 bridgehead atoms. The van der Waals surface area contributed by atoms with Gasteiger partial charge in [-0.25, -0.2) is 5.06 Å². The molecule has 0 spiro atoms. The van der Waals surface area contributed by atoms with Crippen molar-refractivity contribution in [3.05, 3.63) is 22.8 Å². The zero-order valence-electron chi connectivity index (χ0n) is 11.3. The molecule has 2 rings (SSSR count). The molecule has 1 fully saturated rings. The number of hydrogen-bond donors (Lipinski definition) is 0. The van der Waals surface area contributed by atoms with E-state index in [4.69, 9.17) is 0 Å². The summed E-state index contributed by atoms with van der Waals surface area (Å²) in [5.74, 6) is -0.199. The van der Waals surface area contributed by atoms with Crippen LogP contribution in [0, 0.1) is 5.92 Å². The summed E-state index contributed by atoms with van der Waals surface area (Å²) in [4.78, 5) is 16.0. The van der Waals surface area contributed by atoms with Crippen LogP contribution in [0.15, 0.2) is 22.8 Å². The van der Waals surface area contributed by atoms with Crippen molar-refractivity contribution in [3.8, 4) is 0 Å². The maximum atomic E-state index is 12.6. The van der Waals surface area contributed by atoms with E-state index < -0.39 is 22.9 Å². The number of allylic oxidation sites excluding steroid dienone is 2. The van der Waals surface area contributed by atoms with Gasteiger partial charge >= 0.3 is 6.36 Å². The molecule has 0 aromatic heterocycles. The Labute approximate surface area is 127 Å². The second-order valence-electron chi connectivity index (χ2n) is 4.86. The Bertz CT molecular complexity index is 491. The van der Waals surface area contributed by atoms with Gasteiger partial charge in [0.15, 0.2) is 5.78 Å². The van der Waals surface area contributed by atoms with Gasteiger partial charge in [-0.3, -0.25) is 4.79 Å². The third kappa shape index (κ3) is 4.18. The zero-order chi connectivity index (χ0) is 15.8. The van der Waals surface area contributed by atoms with Crippen LogP contribution < -0.4 is 0 Å². The number of nitrogens with zero attached hydrogens (tertiary/aromatic N) is 1. The molecular weight excluding hydrogens is 327 g/mol. The van der Waals surface area contributed by atoms with Crippen LogP contribution in [0.25, 0.3) is 0 Å². The molecule has 0 aromatic rings. The lowest BCUT2D eigenvalue weighted by Gasteiger charge is -2.29. The molecule has 3 atom stereocenters. The molecule has 2 aliphatic rings. The summed E-state index contributed by atoms with van der Waals surface area (Å²) in [5, 5.41) is 0.124. The highest BCUT2D eigenvalue weighted by Gasteiger charge is 2.45. The van der Waals surface area contributed by atoms with Gasteiger partial charge in [-0.2, -0.15) is 4.84 Å². The number of carbonyl (C=O) groups is 1. The van der Waals surface area contributed by atoms with Crippen LogP contribution in [0.3, 0.4) is 0 Å². The van der Waals surface area contributed by atoms with E-state index in [2.05, 4.69) is 4.84 Å². The fraction of sp³-hybridized carbons (Fsp3) is 0.583. The van der Waals surface area contributed by atoms with Gasteiger partial charge in [-0.1, -0.05) is 29.9 Å². The molecule has 3 unspecified atom stereocenters. The minimum atomic E-state index is -4.82. The zero-order valence-corrected chi connectivity index (χ0v) is 13.0. The molecule has 0 aromatic carbocycles. The first-order chi connectivity index (χ1) is 9.67. The van der Waals surface area contributed by atoms with E-state index in [1.54, 1.807) is 6.92 Å². The van der Waals surface area contributed by atoms with E-state index in [1.165, 1.54) is 18.4 Å². The van der Waals surface area contributed by atoms with Crippen LogP contribution in [-0.4, -0.2) is 39.1 Å². The summed E-state index contributed by atoms with van der Waals surface area (Å²) in [6.45, 7) is 1.71. The van der Waals surface area contributed by atoms with Crippen LogP contribution in [0.4, 0.5) is 13.2 Å². The molecule has 21 heavy (non-hydrogen) atoms. The number of fused-ring (bicyclic) bond motifs is 1. The van der Waals surface area contributed by atoms with Gasteiger partial charge in [-0.05, 0) is 12.2 Å². The van der Waals surface area contributed by atoms with Crippen LogP contribution in [-0.2, 0) is 20.8 Å². The topological polar surface area (TPSA) is 52.6 Å². The maximum absolute atomic E-state index is 12.6. The molecule has 9 heteroatoms. The Morgan fingerprint density at radius 2 is 2.29 bits per heavy atom. The van der Waals surface area contributed by atoms with E-state index in [-0.39, 0.29) is 29.6 Å². The molecular formula is C12H14F3NO3S2. The summed E-state index contributed by atoms with van der Waals surface area (Å²) in [6.07, 6.45) is -0.492. The molecule has 1 aliphatic carbocycles. The van der Waals surface area contributed by atoms with Gasteiger partial charge in [-0.15, -0.1) is 13.2 Å². The minimum Gasteiger partial charge on any atom is -0.617 e. The number of carbonyl (C=O) groups excluding carboxylic acids is 1. The lowest BCUT2D eigenvalue weighted by Crippen LogP contribution is -2.39. The number of rotatable bonds is 4. The standard InChI is InChI=1S/C12H14F3NO3S2/c1-7(6-21(2)18)11-16(19-12(13,14)15)9-4-3-8(17)5-10(9)20-11/h4-5,7,11H,3,6H2,1-2H3. The summed E-state index contributed by atoms with van der Waals surface area (Å²) >= 11 is 0.00553. The smallest absolute Gasteiger partial charge is 0.544 e. The van der Waals surface area contributed by atoms with Gasteiger partial charge in [0, 0.05) is 17.2 Å². The van der Waals surface area contributed by atoms with Gasteiger partial charge in [0.2, 0.25) is 0 Å². The van der Waals surface area contributed by atoms with Crippen LogP contribution in [0.5, 0.6) is 0 Å². The lowest BCUT2D eigenvalue weighted by molar-refractivity contribution is -0.407. The minimum absolute atomic E-state index is 0.0535. The number of alkyl halides is 3. The van der Waals surface area contributed by atoms with Crippen LogP contribution in [0.1, 0.15) is 13.3 Å². The fourth-order valence-electron chi connectivity index (χ4n) is 2.20. The SMILES string of the molecule is CC(C[S+](C)[O-])C1SC2=CC(=O)CC=C2N1OC(F)(F)F. The average molecular weight is 341 g/mol. The average Bonchev–Trinajstić information content (AvgIpc) is 2.64. The van der Waals surface area contributed by atoms with Crippen LogP contribution >= 0.6 is 11.8 Å². The number of hydroxylamine groups is 2. The number of ketones is 1. The monoisotopic (exact) mass is 341 g/mol. The quantitative estimate of drug-likeness (QED) is 0.736. The number of thioether (sulfide) groups is 1. The van der Waals surface area contributed by atoms with Gasteiger partial charge in [0.1, 0.15) is 11.1 Å². The molecule has 4 nitrogen and oxygen atoms in total. The van der Waals surface area contributed by atoms with E-state index in [0.717, 1.165) is 16.8 Å². The summed E-state index contributed by atoms with van der Waals surface area (Å²) in [5.41, 5.74) is 0.260. The van der Waals surface area contributed by atoms with Crippen LogP contribution in [0.2, 0.25) is 0 Å². The molecule has 0 N–H and O–H groups in total. The Kier molecular flexibility index (Phi) is 4.96. The normalized spacial score (nSPS) is 25.3. The lowest BCUT2D eigenvalue weighted by atomic mass is 10.1. The second kappa shape index (κ2) is 6.23. The predicted molar refractivity (Wildman–Crippen MR) is 74.2 cm³/mol. The Balaban J connectivity index is 2.25. The van der Waals surface area contributed by atoms with Crippen molar-refractivity contribution in [2.75, 3.05) is 12.0 Å². The van der Waals surface area contributed by atoms with Crippen molar-refractivity contribution in [1.82, 2.24) is 5.06 Å². The predicted octanol–water partition coefficient (Wildman–Crippen LogP) is 2.57. The number of hydrogen-bond acceptors (Lipinski definition) is 5. The number of halogens is 3. The van der Waals surface area contributed by atoms with E-state index in [0.29, 0.717) is 4.91 Å². The highest BCUT2D eigenvalue weighted by molar-refractivity contribution is 8.04. The third-order valence-electron chi connectivity index (χ3n) is 2.94. The molecule has 0 amide bonds. The highest BCUT2D eigenvalue weighted by Crippen LogP contribution is 2.48. The van der Waals surface area contributed by atoms with E-state index in [9.17, 15) is 22.5 Å². The van der Waals surface area contributed by atoms with Gasteiger partial charge in [0.25, 0.3) is 0 Å². The van der Waals surface area contributed by atoms with Crippen molar-refractivity contribution in [2.24, 2.45) is 5.92 Å². The fourth-order valence-corrected chi connectivity index (χ4v) is 4.58. The molecule has 1 saturated heterocycles. The molecule has 1 aliphatic heterocycles. The van der Waals surface area contributed by atoms with Crippen molar-refractivity contribution < 1.29 is 27.4 Å². The first-order valence-corrected chi connectivity index (χ1v) is 8.75. The third-order valence-corrected chi connectivity index (χ3v) is 5.42. The Morgan fingerprint density at radius 3 is 2.86 bits per heavy atom. The Morgan fingerprint density at radius 1 is 1.62 bits per heavy atom.